The Morgan fingerprint density at radius 1 is 1.30 bits per heavy atom. The molecule has 120 valence electrons. The average molecular weight is 333 g/mol. The summed E-state index contributed by atoms with van der Waals surface area (Å²) in [7, 11) is 0. The molecule has 0 radical (unpaired) electrons. The minimum absolute atomic E-state index is 0.223. The molecule has 5 nitrogen and oxygen atoms in total. The van der Waals surface area contributed by atoms with E-state index in [2.05, 4.69) is 10.6 Å². The van der Waals surface area contributed by atoms with Crippen molar-refractivity contribution in [3.63, 3.8) is 0 Å². The lowest BCUT2D eigenvalue weighted by molar-refractivity contribution is -0.123. The van der Waals surface area contributed by atoms with Crippen LogP contribution >= 0.6 is 11.6 Å². The van der Waals surface area contributed by atoms with Gasteiger partial charge >= 0.3 is 0 Å². The van der Waals surface area contributed by atoms with E-state index in [1.165, 1.54) is 12.5 Å². The van der Waals surface area contributed by atoms with Crippen LogP contribution < -0.4 is 10.6 Å². The highest BCUT2D eigenvalue weighted by atomic mass is 35.5. The molecule has 0 unspecified atom stereocenters. The molecule has 1 heterocycles. The molecule has 2 aromatic rings. The summed E-state index contributed by atoms with van der Waals surface area (Å²) in [5.41, 5.74) is 1.02. The van der Waals surface area contributed by atoms with E-state index < -0.39 is 6.04 Å². The van der Waals surface area contributed by atoms with E-state index in [-0.39, 0.29) is 17.4 Å². The zero-order valence-corrected chi connectivity index (χ0v) is 13.4. The largest absolute Gasteiger partial charge is 0.472 e. The van der Waals surface area contributed by atoms with Gasteiger partial charge in [-0.05, 0) is 43.5 Å². The number of rotatable bonds is 5. The Kier molecular flexibility index (Phi) is 4.13. The van der Waals surface area contributed by atoms with Gasteiger partial charge in [-0.25, -0.2) is 0 Å². The van der Waals surface area contributed by atoms with Gasteiger partial charge in [-0.1, -0.05) is 23.7 Å². The molecule has 6 heteroatoms. The van der Waals surface area contributed by atoms with E-state index in [0.29, 0.717) is 10.6 Å². The lowest BCUT2D eigenvalue weighted by Gasteiger charge is -2.21. The summed E-state index contributed by atoms with van der Waals surface area (Å²) < 4.78 is 4.86. The van der Waals surface area contributed by atoms with Crippen LogP contribution in [0.5, 0.6) is 0 Å². The molecule has 1 atom stereocenters. The van der Waals surface area contributed by atoms with Gasteiger partial charge in [-0.15, -0.1) is 0 Å². The SMILES string of the molecule is C[C@H](NC(=O)c1ccoc1)C(=O)NC1(c2cccc(Cl)c2)CC1. The molecule has 0 bridgehead atoms. The van der Waals surface area contributed by atoms with Gasteiger partial charge in [0.2, 0.25) is 5.91 Å². The van der Waals surface area contributed by atoms with E-state index >= 15 is 0 Å². The van der Waals surface area contributed by atoms with E-state index in [1.54, 1.807) is 19.1 Å². The maximum Gasteiger partial charge on any atom is 0.255 e. The summed E-state index contributed by atoms with van der Waals surface area (Å²) in [5.74, 6) is -0.562. The second-order valence-electron chi connectivity index (χ2n) is 5.79. The molecular weight excluding hydrogens is 316 g/mol. The van der Waals surface area contributed by atoms with Gasteiger partial charge in [0.1, 0.15) is 12.3 Å². The number of nitrogens with one attached hydrogen (secondary N) is 2. The van der Waals surface area contributed by atoms with Crippen molar-refractivity contribution in [3.05, 3.63) is 59.0 Å². The van der Waals surface area contributed by atoms with Crippen molar-refractivity contribution >= 4 is 23.4 Å². The van der Waals surface area contributed by atoms with Crippen LogP contribution in [0.25, 0.3) is 0 Å². The Morgan fingerprint density at radius 3 is 2.70 bits per heavy atom. The minimum Gasteiger partial charge on any atom is -0.472 e. The molecule has 2 amide bonds. The van der Waals surface area contributed by atoms with Crippen molar-refractivity contribution in [3.8, 4) is 0 Å². The molecule has 0 aliphatic heterocycles. The van der Waals surface area contributed by atoms with Crippen molar-refractivity contribution in [2.24, 2.45) is 0 Å². The van der Waals surface area contributed by atoms with Crippen molar-refractivity contribution in [2.45, 2.75) is 31.3 Å². The number of furan rings is 1. The predicted octanol–water partition coefficient (Wildman–Crippen LogP) is 2.86. The van der Waals surface area contributed by atoms with Crippen LogP contribution in [-0.4, -0.2) is 17.9 Å². The normalized spacial score (nSPS) is 16.4. The first-order valence-corrected chi connectivity index (χ1v) is 7.79. The summed E-state index contributed by atoms with van der Waals surface area (Å²) in [5, 5.41) is 6.33. The number of amides is 2. The molecule has 2 N–H and O–H groups in total. The quantitative estimate of drug-likeness (QED) is 0.884. The van der Waals surface area contributed by atoms with Crippen LogP contribution in [0.3, 0.4) is 0 Å². The van der Waals surface area contributed by atoms with Gasteiger partial charge in [0.25, 0.3) is 5.91 Å². The topological polar surface area (TPSA) is 71.3 Å². The number of benzene rings is 1. The standard InChI is InChI=1S/C17H17ClN2O3/c1-11(19-16(22)12-5-8-23-10-12)15(21)20-17(6-7-17)13-3-2-4-14(18)9-13/h2-5,8-11H,6-7H2,1H3,(H,19,22)(H,20,21)/t11-/m0/s1. The highest BCUT2D eigenvalue weighted by molar-refractivity contribution is 6.30. The zero-order valence-electron chi connectivity index (χ0n) is 12.6. The van der Waals surface area contributed by atoms with Gasteiger partial charge in [-0.2, -0.15) is 0 Å². The highest BCUT2D eigenvalue weighted by Crippen LogP contribution is 2.46. The van der Waals surface area contributed by atoms with Crippen molar-refractivity contribution < 1.29 is 14.0 Å². The summed E-state index contributed by atoms with van der Waals surface area (Å²) in [4.78, 5) is 24.3. The number of carbonyl (C=O) groups excluding carboxylic acids is 2. The Bertz CT molecular complexity index is 723. The molecular formula is C17H17ClN2O3. The lowest BCUT2D eigenvalue weighted by Crippen LogP contribution is -2.48. The average Bonchev–Trinajstić information content (AvgIpc) is 3.10. The van der Waals surface area contributed by atoms with Crippen LogP contribution in [0.1, 0.15) is 35.7 Å². The number of halogens is 1. The number of hydrogen-bond acceptors (Lipinski definition) is 3. The van der Waals surface area contributed by atoms with Crippen LogP contribution in [0.2, 0.25) is 5.02 Å². The molecule has 1 aliphatic carbocycles. The molecule has 3 rings (SSSR count). The zero-order chi connectivity index (χ0) is 16.4. The summed E-state index contributed by atoms with van der Waals surface area (Å²) in [6.07, 6.45) is 4.48. The van der Waals surface area contributed by atoms with Gasteiger partial charge in [0, 0.05) is 5.02 Å². The maximum atomic E-state index is 12.4. The molecule has 0 saturated heterocycles. The van der Waals surface area contributed by atoms with Crippen LogP contribution in [0.4, 0.5) is 0 Å². The second kappa shape index (κ2) is 6.08. The molecule has 0 spiro atoms. The van der Waals surface area contributed by atoms with E-state index in [0.717, 1.165) is 18.4 Å². The number of carbonyl (C=O) groups is 2. The first kappa shape index (κ1) is 15.6. The Balaban J connectivity index is 1.63. The third kappa shape index (κ3) is 3.40. The first-order valence-electron chi connectivity index (χ1n) is 7.41. The molecule has 1 aromatic heterocycles. The van der Waals surface area contributed by atoms with Gasteiger partial charge in [0.15, 0.2) is 0 Å². The van der Waals surface area contributed by atoms with Gasteiger partial charge < -0.3 is 15.1 Å². The summed E-state index contributed by atoms with van der Waals surface area (Å²) in [6, 6.07) is 8.39. The van der Waals surface area contributed by atoms with Crippen molar-refractivity contribution in [1.29, 1.82) is 0 Å². The first-order chi connectivity index (χ1) is 11.0. The lowest BCUT2D eigenvalue weighted by atomic mass is 10.0. The van der Waals surface area contributed by atoms with E-state index in [9.17, 15) is 9.59 Å². The molecule has 23 heavy (non-hydrogen) atoms. The third-order valence-corrected chi connectivity index (χ3v) is 4.25. The molecule has 1 saturated carbocycles. The number of hydrogen-bond donors (Lipinski definition) is 2. The van der Waals surface area contributed by atoms with Gasteiger partial charge in [0.05, 0.1) is 17.4 Å². The Hall–Kier alpha value is -2.27. The third-order valence-electron chi connectivity index (χ3n) is 4.01. The molecule has 1 aliphatic rings. The smallest absolute Gasteiger partial charge is 0.255 e. The van der Waals surface area contributed by atoms with Crippen LogP contribution in [-0.2, 0) is 10.3 Å². The highest BCUT2D eigenvalue weighted by Gasteiger charge is 2.46. The fraction of sp³-hybridized carbons (Fsp3) is 0.294. The second-order valence-corrected chi connectivity index (χ2v) is 6.23. The van der Waals surface area contributed by atoms with Crippen molar-refractivity contribution in [2.75, 3.05) is 0 Å². The fourth-order valence-corrected chi connectivity index (χ4v) is 2.67. The van der Waals surface area contributed by atoms with Gasteiger partial charge in [-0.3, -0.25) is 9.59 Å². The molecule has 1 fully saturated rings. The Morgan fingerprint density at radius 2 is 2.09 bits per heavy atom. The fourth-order valence-electron chi connectivity index (χ4n) is 2.48. The monoisotopic (exact) mass is 332 g/mol. The van der Waals surface area contributed by atoms with Crippen molar-refractivity contribution in [1.82, 2.24) is 10.6 Å². The van der Waals surface area contributed by atoms with Crippen LogP contribution in [0.15, 0.2) is 47.3 Å². The van der Waals surface area contributed by atoms with E-state index in [1.807, 2.05) is 18.2 Å². The van der Waals surface area contributed by atoms with Crippen LogP contribution in [0, 0.1) is 0 Å². The van der Waals surface area contributed by atoms with E-state index in [4.69, 9.17) is 16.0 Å². The summed E-state index contributed by atoms with van der Waals surface area (Å²) >= 11 is 6.03. The molecule has 1 aromatic carbocycles. The maximum absolute atomic E-state index is 12.4. The predicted molar refractivity (Wildman–Crippen MR) is 86.1 cm³/mol. The minimum atomic E-state index is -0.644. The summed E-state index contributed by atoms with van der Waals surface area (Å²) in [6.45, 7) is 1.65. The Labute approximate surface area is 139 Å².